The van der Waals surface area contributed by atoms with Gasteiger partial charge in [0.15, 0.2) is 6.10 Å². The van der Waals surface area contributed by atoms with Crippen LogP contribution in [-0.4, -0.2) is 66.0 Å². The van der Waals surface area contributed by atoms with Crippen molar-refractivity contribution in [2.75, 3.05) is 20.3 Å². The lowest BCUT2D eigenvalue weighted by molar-refractivity contribution is 0.00706. The maximum absolute atomic E-state index is 14.6. The predicted molar refractivity (Wildman–Crippen MR) is 135 cm³/mol. The number of nitrogens with one attached hydrogen (secondary N) is 1. The van der Waals surface area contributed by atoms with Crippen molar-refractivity contribution >= 4 is 28.8 Å². The van der Waals surface area contributed by atoms with E-state index in [0.29, 0.717) is 34.3 Å². The van der Waals surface area contributed by atoms with E-state index < -0.39 is 6.10 Å². The average molecular weight is 508 g/mol. The zero-order valence-corrected chi connectivity index (χ0v) is 20.1. The van der Waals surface area contributed by atoms with Crippen molar-refractivity contribution in [3.8, 4) is 28.3 Å². The summed E-state index contributed by atoms with van der Waals surface area (Å²) in [4.78, 5) is 11.6. The number of imidazole rings is 1. The second kappa shape index (κ2) is 9.29. The summed E-state index contributed by atoms with van der Waals surface area (Å²) in [6, 6.07) is 16.6. The van der Waals surface area contributed by atoms with Gasteiger partial charge in [-0.25, -0.2) is 4.39 Å². The molecule has 2 N–H and O–H groups in total. The summed E-state index contributed by atoms with van der Waals surface area (Å²) in [6.07, 6.45) is -0.0888. The molecule has 0 unspecified atom stereocenters. The van der Waals surface area contributed by atoms with Crippen LogP contribution < -0.4 is 4.74 Å². The van der Waals surface area contributed by atoms with E-state index in [9.17, 15) is 9.50 Å². The predicted octanol–water partition coefficient (Wildman–Crippen LogP) is 4.64. The maximum Gasteiger partial charge on any atom is 0.295 e. The first-order valence-corrected chi connectivity index (χ1v) is 12.0. The van der Waals surface area contributed by atoms with Gasteiger partial charge in [-0.2, -0.15) is 4.98 Å². The fourth-order valence-corrected chi connectivity index (χ4v) is 5.07. The number of benzene rings is 3. The Morgan fingerprint density at radius 2 is 1.81 bits per heavy atom. The lowest BCUT2D eigenvalue weighted by Crippen LogP contribution is -2.34. The Balaban J connectivity index is 1.24. The van der Waals surface area contributed by atoms with Gasteiger partial charge < -0.3 is 24.3 Å². The van der Waals surface area contributed by atoms with Crippen molar-refractivity contribution in [3.63, 3.8) is 0 Å². The third kappa shape index (κ3) is 4.16. The van der Waals surface area contributed by atoms with E-state index >= 15 is 0 Å². The molecule has 4 atom stereocenters. The first-order chi connectivity index (χ1) is 17.5. The summed E-state index contributed by atoms with van der Waals surface area (Å²) in [7, 11) is 1.65. The highest BCUT2D eigenvalue weighted by Crippen LogP contribution is 2.35. The lowest BCUT2D eigenvalue weighted by atomic mass is 9.99. The van der Waals surface area contributed by atoms with E-state index in [0.717, 1.165) is 22.2 Å². The summed E-state index contributed by atoms with van der Waals surface area (Å²) in [5.74, 6) is -0.305. The molecule has 2 saturated heterocycles. The monoisotopic (exact) mass is 507 g/mol. The molecule has 9 heteroatoms. The minimum absolute atomic E-state index is 0.235. The third-order valence-corrected chi connectivity index (χ3v) is 6.88. The van der Waals surface area contributed by atoms with E-state index in [4.69, 9.17) is 25.8 Å². The van der Waals surface area contributed by atoms with Crippen LogP contribution in [0.1, 0.15) is 5.56 Å². The van der Waals surface area contributed by atoms with Crippen molar-refractivity contribution in [1.29, 1.82) is 0 Å². The van der Waals surface area contributed by atoms with Crippen LogP contribution >= 0.6 is 11.6 Å². The van der Waals surface area contributed by atoms with E-state index in [-0.39, 0.29) is 30.7 Å². The number of rotatable bonds is 5. The standard InChI is InChI=1S/C27H23ClFN3O4/c1-30-11-14-2-7-17(20(29)8-14)15-3-5-16(6-4-15)18-9-21-22(10-19(18)28)32-27(31-21)36-24-13-35-25-23(33)12-34-26(24)25/h2-11,23-26,33H,12-13H2,1H3,(H,31,32)/b30-11+/t23-,24-,25-,26-/m1/s1. The van der Waals surface area contributed by atoms with Gasteiger partial charge in [-0.05, 0) is 34.9 Å². The number of aromatic nitrogens is 2. The van der Waals surface area contributed by atoms with Gasteiger partial charge in [-0.3, -0.25) is 4.99 Å². The van der Waals surface area contributed by atoms with Crippen LogP contribution in [0.15, 0.2) is 59.6 Å². The molecule has 0 bridgehead atoms. The first kappa shape index (κ1) is 23.1. The number of aliphatic imine (C=N–C) groups is 1. The molecule has 0 spiro atoms. The molecule has 2 aliphatic heterocycles. The molecule has 3 heterocycles. The zero-order chi connectivity index (χ0) is 24.8. The molecule has 36 heavy (non-hydrogen) atoms. The fraction of sp³-hybridized carbons (Fsp3) is 0.259. The Labute approximate surface area is 211 Å². The SMILES string of the molecule is C/N=C/c1ccc(-c2ccc(-c3cc4nc(O[C@@H]5CO[C@H]6[C@@H]5OC[C@H]6O)[nH]c4cc3Cl)cc2)c(F)c1. The van der Waals surface area contributed by atoms with E-state index in [1.54, 1.807) is 25.4 Å². The Hall–Kier alpha value is -3.30. The fourth-order valence-electron chi connectivity index (χ4n) is 4.80. The molecule has 6 rings (SSSR count). The molecule has 7 nitrogen and oxygen atoms in total. The molecule has 2 aliphatic rings. The van der Waals surface area contributed by atoms with Crippen molar-refractivity contribution in [1.82, 2.24) is 9.97 Å². The quantitative estimate of drug-likeness (QED) is 0.384. The molecular weight excluding hydrogens is 485 g/mol. The van der Waals surface area contributed by atoms with Crippen molar-refractivity contribution < 1.29 is 23.7 Å². The Morgan fingerprint density at radius 3 is 2.56 bits per heavy atom. The van der Waals surface area contributed by atoms with Crippen LogP contribution in [0, 0.1) is 5.82 Å². The molecule has 0 amide bonds. The van der Waals surface area contributed by atoms with Crippen molar-refractivity contribution in [2.24, 2.45) is 4.99 Å². The molecule has 3 aromatic carbocycles. The normalized spacial score (nSPS) is 23.6. The van der Waals surface area contributed by atoms with Crippen LogP contribution in [0.5, 0.6) is 6.01 Å². The summed E-state index contributed by atoms with van der Waals surface area (Å²) < 4.78 is 31.9. The minimum atomic E-state index is -0.640. The van der Waals surface area contributed by atoms with Crippen molar-refractivity contribution in [2.45, 2.75) is 24.4 Å². The summed E-state index contributed by atoms with van der Waals surface area (Å²) >= 11 is 6.61. The van der Waals surface area contributed by atoms with Crippen LogP contribution in [-0.2, 0) is 9.47 Å². The molecule has 1 aromatic heterocycles. The molecule has 0 radical (unpaired) electrons. The van der Waals surface area contributed by atoms with Gasteiger partial charge in [0.25, 0.3) is 6.01 Å². The number of fused-ring (bicyclic) bond motifs is 2. The van der Waals surface area contributed by atoms with Crippen LogP contribution in [0.3, 0.4) is 0 Å². The van der Waals surface area contributed by atoms with Gasteiger partial charge in [-0.1, -0.05) is 48.0 Å². The number of aliphatic hydroxyl groups excluding tert-OH is 1. The second-order valence-corrected chi connectivity index (χ2v) is 9.32. The molecule has 184 valence electrons. The average Bonchev–Trinajstić information content (AvgIpc) is 3.56. The van der Waals surface area contributed by atoms with Gasteiger partial charge >= 0.3 is 0 Å². The summed E-state index contributed by atoms with van der Waals surface area (Å²) in [5, 5.41) is 10.5. The Kier molecular flexibility index (Phi) is 5.97. The number of nitrogens with zero attached hydrogens (tertiary/aromatic N) is 2. The highest BCUT2D eigenvalue weighted by atomic mass is 35.5. The maximum atomic E-state index is 14.6. The van der Waals surface area contributed by atoms with Gasteiger partial charge in [0.2, 0.25) is 0 Å². The Morgan fingerprint density at radius 1 is 1.06 bits per heavy atom. The number of aromatic amines is 1. The molecular formula is C27H23ClFN3O4. The van der Waals surface area contributed by atoms with Gasteiger partial charge in [0.1, 0.15) is 24.1 Å². The van der Waals surface area contributed by atoms with E-state index in [2.05, 4.69) is 15.0 Å². The van der Waals surface area contributed by atoms with Crippen LogP contribution in [0.25, 0.3) is 33.3 Å². The van der Waals surface area contributed by atoms with E-state index in [1.165, 1.54) is 6.07 Å². The van der Waals surface area contributed by atoms with Crippen LogP contribution in [0.4, 0.5) is 4.39 Å². The van der Waals surface area contributed by atoms with Gasteiger partial charge in [-0.15, -0.1) is 0 Å². The lowest BCUT2D eigenvalue weighted by Gasteiger charge is -2.15. The molecule has 4 aromatic rings. The van der Waals surface area contributed by atoms with Gasteiger partial charge in [0.05, 0.1) is 29.3 Å². The summed E-state index contributed by atoms with van der Waals surface area (Å²) in [6.45, 7) is 0.552. The number of aliphatic hydroxyl groups is 1. The van der Waals surface area contributed by atoms with Crippen LogP contribution in [0.2, 0.25) is 5.02 Å². The topological polar surface area (TPSA) is 89.0 Å². The van der Waals surface area contributed by atoms with E-state index in [1.807, 2.05) is 36.4 Å². The Bertz CT molecular complexity index is 1460. The number of halogens is 2. The number of H-pyrrole nitrogens is 1. The largest absolute Gasteiger partial charge is 0.456 e. The zero-order valence-electron chi connectivity index (χ0n) is 19.3. The number of hydrogen-bond donors (Lipinski definition) is 2. The molecule has 2 fully saturated rings. The highest BCUT2D eigenvalue weighted by molar-refractivity contribution is 6.34. The molecule has 0 saturated carbocycles. The minimum Gasteiger partial charge on any atom is -0.456 e. The first-order valence-electron chi connectivity index (χ1n) is 11.6. The summed E-state index contributed by atoms with van der Waals surface area (Å²) in [5.41, 5.74) is 5.10. The third-order valence-electron chi connectivity index (χ3n) is 6.57. The molecule has 0 aliphatic carbocycles. The van der Waals surface area contributed by atoms with Crippen molar-refractivity contribution in [3.05, 3.63) is 71.0 Å². The number of ether oxygens (including phenoxy) is 3. The van der Waals surface area contributed by atoms with Gasteiger partial charge in [0, 0.05) is 24.4 Å². The number of hydrogen-bond acceptors (Lipinski definition) is 6. The second-order valence-electron chi connectivity index (χ2n) is 8.91. The smallest absolute Gasteiger partial charge is 0.295 e. The highest BCUT2D eigenvalue weighted by Gasteiger charge is 2.48.